The van der Waals surface area contributed by atoms with E-state index < -0.39 is 6.10 Å². The van der Waals surface area contributed by atoms with Gasteiger partial charge in [0.25, 0.3) is 0 Å². The van der Waals surface area contributed by atoms with Crippen LogP contribution < -0.4 is 15.4 Å². The quantitative estimate of drug-likeness (QED) is 0.690. The molecule has 5 nitrogen and oxygen atoms in total. The van der Waals surface area contributed by atoms with E-state index in [1.807, 2.05) is 32.0 Å². The summed E-state index contributed by atoms with van der Waals surface area (Å²) < 4.78 is 5.58. The monoisotopic (exact) mass is 280 g/mol. The van der Waals surface area contributed by atoms with Crippen molar-refractivity contribution in [2.24, 2.45) is 0 Å². The highest BCUT2D eigenvalue weighted by Crippen LogP contribution is 2.18. The Kier molecular flexibility index (Phi) is 6.48. The van der Waals surface area contributed by atoms with Crippen molar-refractivity contribution in [3.05, 3.63) is 29.3 Å². The molecule has 20 heavy (non-hydrogen) atoms. The SMILES string of the molecule is CNC(=O)C(C)NCC(O)COc1ccc(C)cc1C. The molecule has 3 N–H and O–H groups in total. The number of hydrogen-bond acceptors (Lipinski definition) is 4. The summed E-state index contributed by atoms with van der Waals surface area (Å²) in [6.07, 6.45) is -0.664. The Morgan fingerprint density at radius 1 is 1.40 bits per heavy atom. The molecular weight excluding hydrogens is 256 g/mol. The van der Waals surface area contributed by atoms with Crippen LogP contribution in [0, 0.1) is 13.8 Å². The van der Waals surface area contributed by atoms with Crippen LogP contribution in [0.1, 0.15) is 18.1 Å². The Bertz CT molecular complexity index is 449. The van der Waals surface area contributed by atoms with E-state index in [-0.39, 0.29) is 18.6 Å². The van der Waals surface area contributed by atoms with Gasteiger partial charge in [0.15, 0.2) is 0 Å². The third-order valence-corrected chi connectivity index (χ3v) is 3.06. The number of benzene rings is 1. The minimum atomic E-state index is -0.664. The van der Waals surface area contributed by atoms with Crippen LogP contribution in [0.25, 0.3) is 0 Å². The van der Waals surface area contributed by atoms with E-state index in [0.29, 0.717) is 6.54 Å². The average molecular weight is 280 g/mol. The summed E-state index contributed by atoms with van der Waals surface area (Å²) in [4.78, 5) is 11.3. The lowest BCUT2D eigenvalue weighted by atomic mass is 10.1. The third-order valence-electron chi connectivity index (χ3n) is 3.06. The van der Waals surface area contributed by atoms with E-state index in [1.54, 1.807) is 14.0 Å². The van der Waals surface area contributed by atoms with E-state index >= 15 is 0 Å². The predicted molar refractivity (Wildman–Crippen MR) is 78.9 cm³/mol. The van der Waals surface area contributed by atoms with Gasteiger partial charge in [-0.05, 0) is 32.4 Å². The summed E-state index contributed by atoms with van der Waals surface area (Å²) in [6, 6.07) is 5.57. The number of nitrogens with one attached hydrogen (secondary N) is 2. The molecule has 1 aromatic carbocycles. The second-order valence-electron chi connectivity index (χ2n) is 4.98. The molecular formula is C15H24N2O3. The van der Waals surface area contributed by atoms with Gasteiger partial charge in [-0.3, -0.25) is 4.79 Å². The van der Waals surface area contributed by atoms with Crippen molar-refractivity contribution >= 4 is 5.91 Å². The molecule has 0 saturated heterocycles. The van der Waals surface area contributed by atoms with E-state index in [4.69, 9.17) is 4.74 Å². The highest BCUT2D eigenvalue weighted by atomic mass is 16.5. The molecule has 2 atom stereocenters. The maximum absolute atomic E-state index is 11.3. The molecule has 0 aromatic heterocycles. The number of hydrogen-bond donors (Lipinski definition) is 3. The van der Waals surface area contributed by atoms with Gasteiger partial charge in [-0.15, -0.1) is 0 Å². The van der Waals surface area contributed by atoms with Gasteiger partial charge in [-0.2, -0.15) is 0 Å². The molecule has 0 radical (unpaired) electrons. The molecule has 0 aliphatic rings. The number of aliphatic hydroxyl groups excluding tert-OH is 1. The van der Waals surface area contributed by atoms with Crippen LogP contribution in [0.2, 0.25) is 0 Å². The highest BCUT2D eigenvalue weighted by molar-refractivity contribution is 5.80. The van der Waals surface area contributed by atoms with Crippen LogP contribution in [0.3, 0.4) is 0 Å². The van der Waals surface area contributed by atoms with Crippen molar-refractivity contribution in [2.45, 2.75) is 32.9 Å². The lowest BCUT2D eigenvalue weighted by Gasteiger charge is -2.17. The maximum atomic E-state index is 11.3. The topological polar surface area (TPSA) is 70.6 Å². The first-order valence-electron chi connectivity index (χ1n) is 6.77. The standard InChI is InChI=1S/C15H24N2O3/c1-10-5-6-14(11(2)7-10)20-9-13(18)8-17-12(3)15(19)16-4/h5-7,12-13,17-18H,8-9H2,1-4H3,(H,16,19). The van der Waals surface area contributed by atoms with Crippen molar-refractivity contribution in [3.63, 3.8) is 0 Å². The zero-order valence-electron chi connectivity index (χ0n) is 12.6. The maximum Gasteiger partial charge on any atom is 0.236 e. The fourth-order valence-electron chi connectivity index (χ4n) is 1.83. The number of amides is 1. The van der Waals surface area contributed by atoms with Crippen molar-refractivity contribution in [2.75, 3.05) is 20.2 Å². The van der Waals surface area contributed by atoms with Crippen LogP contribution >= 0.6 is 0 Å². The number of likely N-dealkylation sites (N-methyl/N-ethyl adjacent to an activating group) is 1. The molecule has 0 saturated carbocycles. The fourth-order valence-corrected chi connectivity index (χ4v) is 1.83. The highest BCUT2D eigenvalue weighted by Gasteiger charge is 2.13. The second kappa shape index (κ2) is 7.87. The van der Waals surface area contributed by atoms with E-state index in [2.05, 4.69) is 10.6 Å². The molecule has 1 rings (SSSR count). The van der Waals surface area contributed by atoms with Gasteiger partial charge < -0.3 is 20.5 Å². The number of rotatable bonds is 7. The van der Waals surface area contributed by atoms with E-state index in [1.165, 1.54) is 5.56 Å². The van der Waals surface area contributed by atoms with Gasteiger partial charge in [0.05, 0.1) is 6.04 Å². The molecule has 112 valence electrons. The zero-order valence-corrected chi connectivity index (χ0v) is 12.6. The summed E-state index contributed by atoms with van der Waals surface area (Å²) in [5.74, 6) is 0.668. The second-order valence-corrected chi connectivity index (χ2v) is 4.98. The first kappa shape index (κ1) is 16.5. The van der Waals surface area contributed by atoms with Crippen molar-refractivity contribution < 1.29 is 14.6 Å². The van der Waals surface area contributed by atoms with Gasteiger partial charge in [0.2, 0.25) is 5.91 Å². The number of carbonyl (C=O) groups is 1. The van der Waals surface area contributed by atoms with Gasteiger partial charge in [-0.1, -0.05) is 17.7 Å². The molecule has 5 heteroatoms. The molecule has 2 unspecified atom stereocenters. The summed E-state index contributed by atoms with van der Waals surface area (Å²) in [5.41, 5.74) is 2.22. The van der Waals surface area contributed by atoms with Gasteiger partial charge in [-0.25, -0.2) is 0 Å². The van der Waals surface area contributed by atoms with Crippen molar-refractivity contribution in [1.29, 1.82) is 0 Å². The summed E-state index contributed by atoms with van der Waals surface area (Å²) in [5, 5.41) is 15.3. The molecule has 0 aliphatic heterocycles. The van der Waals surface area contributed by atoms with Gasteiger partial charge in [0, 0.05) is 13.6 Å². The number of carbonyl (C=O) groups excluding carboxylic acids is 1. The summed E-state index contributed by atoms with van der Waals surface area (Å²) >= 11 is 0. The summed E-state index contributed by atoms with van der Waals surface area (Å²) in [6.45, 7) is 6.24. The van der Waals surface area contributed by atoms with Crippen LogP contribution in [-0.4, -0.2) is 43.4 Å². The Balaban J connectivity index is 2.36. The molecule has 1 amide bonds. The van der Waals surface area contributed by atoms with E-state index in [9.17, 15) is 9.90 Å². The zero-order chi connectivity index (χ0) is 15.1. The molecule has 0 spiro atoms. The molecule has 0 bridgehead atoms. The lowest BCUT2D eigenvalue weighted by Crippen LogP contribution is -2.44. The Labute approximate surface area is 120 Å². The number of ether oxygens (including phenoxy) is 1. The van der Waals surface area contributed by atoms with Crippen LogP contribution in [0.5, 0.6) is 5.75 Å². The Morgan fingerprint density at radius 3 is 2.70 bits per heavy atom. The van der Waals surface area contributed by atoms with Crippen molar-refractivity contribution in [1.82, 2.24) is 10.6 Å². The van der Waals surface area contributed by atoms with Crippen molar-refractivity contribution in [3.8, 4) is 5.75 Å². The van der Waals surface area contributed by atoms with E-state index in [0.717, 1.165) is 11.3 Å². The smallest absolute Gasteiger partial charge is 0.236 e. The average Bonchev–Trinajstić information content (AvgIpc) is 2.42. The number of aliphatic hydroxyl groups is 1. The fraction of sp³-hybridized carbons (Fsp3) is 0.533. The van der Waals surface area contributed by atoms with Crippen LogP contribution in [-0.2, 0) is 4.79 Å². The Morgan fingerprint density at radius 2 is 2.10 bits per heavy atom. The predicted octanol–water partition coefficient (Wildman–Crippen LogP) is 0.767. The summed E-state index contributed by atoms with van der Waals surface area (Å²) in [7, 11) is 1.58. The van der Waals surface area contributed by atoms with Gasteiger partial charge in [0.1, 0.15) is 18.5 Å². The molecule has 0 aliphatic carbocycles. The third kappa shape index (κ3) is 5.19. The van der Waals surface area contributed by atoms with Crippen LogP contribution in [0.4, 0.5) is 0 Å². The first-order valence-corrected chi connectivity index (χ1v) is 6.77. The number of aryl methyl sites for hydroxylation is 2. The molecule has 0 heterocycles. The molecule has 0 fully saturated rings. The van der Waals surface area contributed by atoms with Crippen LogP contribution in [0.15, 0.2) is 18.2 Å². The minimum absolute atomic E-state index is 0.104. The molecule has 1 aromatic rings. The lowest BCUT2D eigenvalue weighted by molar-refractivity contribution is -0.122. The van der Waals surface area contributed by atoms with Gasteiger partial charge >= 0.3 is 0 Å². The Hall–Kier alpha value is -1.59. The minimum Gasteiger partial charge on any atom is -0.491 e. The normalized spacial score (nSPS) is 13.7. The largest absolute Gasteiger partial charge is 0.491 e. The first-order chi connectivity index (χ1) is 9.43.